The lowest BCUT2D eigenvalue weighted by molar-refractivity contribution is 0.0464. The highest BCUT2D eigenvalue weighted by Gasteiger charge is 2.19. The molecule has 2 heterocycles. The standard InChI is InChI=1S/C18H23N3O3/c1-21(11-13-5-4-10-24-12-13)18(22)20-16-7-3-6-15-14(16)8-9-19-17(15)23-2/h3,6-9,13H,4-5,10-12H2,1-2H3,(H,20,22). The fraction of sp³-hybridized carbons (Fsp3) is 0.444. The van der Waals surface area contributed by atoms with Crippen molar-refractivity contribution in [1.82, 2.24) is 9.88 Å². The minimum Gasteiger partial charge on any atom is -0.481 e. The summed E-state index contributed by atoms with van der Waals surface area (Å²) in [5.74, 6) is 0.961. The van der Waals surface area contributed by atoms with Gasteiger partial charge < -0.3 is 19.7 Å². The summed E-state index contributed by atoms with van der Waals surface area (Å²) in [6, 6.07) is 7.46. The number of urea groups is 1. The van der Waals surface area contributed by atoms with Crippen LogP contribution in [0.3, 0.4) is 0 Å². The lowest BCUT2D eigenvalue weighted by Crippen LogP contribution is -2.37. The molecule has 6 nitrogen and oxygen atoms in total. The van der Waals surface area contributed by atoms with Crippen LogP contribution in [0, 0.1) is 5.92 Å². The molecular weight excluding hydrogens is 306 g/mol. The molecule has 1 fully saturated rings. The summed E-state index contributed by atoms with van der Waals surface area (Å²) in [4.78, 5) is 18.4. The Morgan fingerprint density at radius 3 is 3.04 bits per heavy atom. The van der Waals surface area contributed by atoms with Gasteiger partial charge in [-0.25, -0.2) is 9.78 Å². The Morgan fingerprint density at radius 1 is 1.42 bits per heavy atom. The second kappa shape index (κ2) is 7.49. The van der Waals surface area contributed by atoms with Gasteiger partial charge in [-0.05, 0) is 31.0 Å². The van der Waals surface area contributed by atoms with Crippen molar-refractivity contribution in [2.24, 2.45) is 5.92 Å². The van der Waals surface area contributed by atoms with Crippen molar-refractivity contribution in [1.29, 1.82) is 0 Å². The molecule has 0 saturated carbocycles. The maximum absolute atomic E-state index is 12.5. The van der Waals surface area contributed by atoms with Crippen molar-refractivity contribution in [3.63, 3.8) is 0 Å². The number of methoxy groups -OCH3 is 1. The summed E-state index contributed by atoms with van der Waals surface area (Å²) in [5, 5.41) is 4.77. The molecule has 2 aromatic rings. The number of rotatable bonds is 4. The predicted octanol–water partition coefficient (Wildman–Crippen LogP) is 3.13. The van der Waals surface area contributed by atoms with Gasteiger partial charge in [0.2, 0.25) is 5.88 Å². The Kier molecular flexibility index (Phi) is 5.15. The molecule has 128 valence electrons. The molecular formula is C18H23N3O3. The van der Waals surface area contributed by atoms with E-state index in [1.807, 2.05) is 31.3 Å². The number of hydrogen-bond acceptors (Lipinski definition) is 4. The van der Waals surface area contributed by atoms with Crippen molar-refractivity contribution in [3.05, 3.63) is 30.5 Å². The minimum absolute atomic E-state index is 0.121. The maximum atomic E-state index is 12.5. The molecule has 1 aromatic carbocycles. The summed E-state index contributed by atoms with van der Waals surface area (Å²) in [7, 11) is 3.41. The van der Waals surface area contributed by atoms with Crippen LogP contribution >= 0.6 is 0 Å². The van der Waals surface area contributed by atoms with Gasteiger partial charge in [-0.2, -0.15) is 0 Å². The van der Waals surface area contributed by atoms with Crippen LogP contribution in [0.5, 0.6) is 5.88 Å². The van der Waals surface area contributed by atoms with Crippen LogP contribution in [-0.4, -0.2) is 49.8 Å². The number of nitrogens with zero attached hydrogens (tertiary/aromatic N) is 2. The molecule has 0 bridgehead atoms. The SMILES string of the molecule is COc1nccc2c(NC(=O)N(C)CC3CCCOC3)cccc12. The average Bonchev–Trinajstić information content (AvgIpc) is 2.62. The van der Waals surface area contributed by atoms with Crippen LogP contribution < -0.4 is 10.1 Å². The van der Waals surface area contributed by atoms with Gasteiger partial charge in [-0.1, -0.05) is 6.07 Å². The molecule has 1 N–H and O–H groups in total. The molecule has 1 aliphatic heterocycles. The van der Waals surface area contributed by atoms with Crippen molar-refractivity contribution in [2.45, 2.75) is 12.8 Å². The van der Waals surface area contributed by atoms with Crippen LogP contribution in [0.1, 0.15) is 12.8 Å². The summed E-state index contributed by atoms with van der Waals surface area (Å²) in [5.41, 5.74) is 0.755. The first-order valence-electron chi connectivity index (χ1n) is 8.20. The molecule has 1 saturated heterocycles. The zero-order chi connectivity index (χ0) is 16.9. The highest BCUT2D eigenvalue weighted by Crippen LogP contribution is 2.29. The van der Waals surface area contributed by atoms with Crippen molar-refractivity contribution in [2.75, 3.05) is 39.2 Å². The van der Waals surface area contributed by atoms with Gasteiger partial charge in [0.1, 0.15) is 0 Å². The Balaban J connectivity index is 1.73. The first-order chi connectivity index (χ1) is 11.7. The Labute approximate surface area is 141 Å². The van der Waals surface area contributed by atoms with Crippen molar-refractivity contribution >= 4 is 22.5 Å². The molecule has 1 aliphatic rings. The molecule has 3 rings (SSSR count). The van der Waals surface area contributed by atoms with Gasteiger partial charge >= 0.3 is 6.03 Å². The third-order valence-corrected chi connectivity index (χ3v) is 4.34. The van der Waals surface area contributed by atoms with E-state index in [1.54, 1.807) is 18.2 Å². The van der Waals surface area contributed by atoms with Crippen molar-refractivity contribution in [3.8, 4) is 5.88 Å². The normalized spacial score (nSPS) is 17.5. The fourth-order valence-corrected chi connectivity index (χ4v) is 3.08. The van der Waals surface area contributed by atoms with E-state index < -0.39 is 0 Å². The van der Waals surface area contributed by atoms with Crippen LogP contribution in [0.2, 0.25) is 0 Å². The summed E-state index contributed by atoms with van der Waals surface area (Å²) in [6.45, 7) is 2.26. The summed E-state index contributed by atoms with van der Waals surface area (Å²) >= 11 is 0. The van der Waals surface area contributed by atoms with Crippen LogP contribution in [-0.2, 0) is 4.74 Å². The number of aromatic nitrogens is 1. The second-order valence-electron chi connectivity index (χ2n) is 6.11. The number of amides is 2. The van der Waals surface area contributed by atoms with E-state index in [1.165, 1.54) is 0 Å². The van der Waals surface area contributed by atoms with Crippen LogP contribution in [0.4, 0.5) is 10.5 Å². The van der Waals surface area contributed by atoms with Gasteiger partial charge in [-0.3, -0.25) is 0 Å². The molecule has 0 spiro atoms. The predicted molar refractivity (Wildman–Crippen MR) is 93.5 cm³/mol. The third kappa shape index (κ3) is 3.59. The van der Waals surface area contributed by atoms with Gasteiger partial charge in [0.15, 0.2) is 0 Å². The molecule has 6 heteroatoms. The van der Waals surface area contributed by atoms with E-state index in [2.05, 4.69) is 10.3 Å². The monoisotopic (exact) mass is 329 g/mol. The molecule has 1 unspecified atom stereocenters. The van der Waals surface area contributed by atoms with Gasteiger partial charge in [-0.15, -0.1) is 0 Å². The number of fused-ring (bicyclic) bond motifs is 1. The molecule has 2 amide bonds. The van der Waals surface area contributed by atoms with E-state index in [9.17, 15) is 4.79 Å². The zero-order valence-electron chi connectivity index (χ0n) is 14.1. The summed E-state index contributed by atoms with van der Waals surface area (Å²) in [6.07, 6.45) is 3.85. The zero-order valence-corrected chi connectivity index (χ0v) is 14.1. The lowest BCUT2D eigenvalue weighted by atomic mass is 10.0. The van der Waals surface area contributed by atoms with E-state index in [0.717, 1.165) is 42.5 Å². The minimum atomic E-state index is -0.121. The first-order valence-corrected chi connectivity index (χ1v) is 8.20. The van der Waals surface area contributed by atoms with E-state index >= 15 is 0 Å². The Hall–Kier alpha value is -2.34. The molecule has 24 heavy (non-hydrogen) atoms. The molecule has 0 radical (unpaired) electrons. The largest absolute Gasteiger partial charge is 0.481 e. The van der Waals surface area contributed by atoms with Crippen LogP contribution in [0.15, 0.2) is 30.5 Å². The quantitative estimate of drug-likeness (QED) is 0.936. The topological polar surface area (TPSA) is 63.7 Å². The Bertz CT molecular complexity index is 714. The lowest BCUT2D eigenvalue weighted by Gasteiger charge is -2.27. The number of ether oxygens (including phenoxy) is 2. The van der Waals surface area contributed by atoms with Gasteiger partial charge in [0.25, 0.3) is 0 Å². The Morgan fingerprint density at radius 2 is 2.29 bits per heavy atom. The maximum Gasteiger partial charge on any atom is 0.321 e. The highest BCUT2D eigenvalue weighted by molar-refractivity contribution is 6.02. The fourth-order valence-electron chi connectivity index (χ4n) is 3.08. The van der Waals surface area contributed by atoms with E-state index in [4.69, 9.17) is 9.47 Å². The second-order valence-corrected chi connectivity index (χ2v) is 6.11. The number of carbonyl (C=O) groups excluding carboxylic acids is 1. The van der Waals surface area contributed by atoms with Crippen molar-refractivity contribution < 1.29 is 14.3 Å². The smallest absolute Gasteiger partial charge is 0.321 e. The molecule has 1 atom stereocenters. The van der Waals surface area contributed by atoms with Gasteiger partial charge in [0.05, 0.1) is 19.4 Å². The number of benzene rings is 1. The number of pyridine rings is 1. The highest BCUT2D eigenvalue weighted by atomic mass is 16.5. The average molecular weight is 329 g/mol. The van der Waals surface area contributed by atoms with Gasteiger partial charge in [0, 0.05) is 43.1 Å². The molecule has 0 aliphatic carbocycles. The molecule has 1 aromatic heterocycles. The summed E-state index contributed by atoms with van der Waals surface area (Å²) < 4.78 is 10.8. The van der Waals surface area contributed by atoms with Crippen LogP contribution in [0.25, 0.3) is 10.8 Å². The number of hydrogen-bond donors (Lipinski definition) is 1. The van der Waals surface area contributed by atoms with E-state index in [-0.39, 0.29) is 6.03 Å². The number of carbonyl (C=O) groups is 1. The first kappa shape index (κ1) is 16.5. The number of nitrogens with one attached hydrogen (secondary N) is 1. The third-order valence-electron chi connectivity index (χ3n) is 4.34. The van der Waals surface area contributed by atoms with E-state index in [0.29, 0.717) is 18.3 Å². The number of anilines is 1.